The minimum absolute atomic E-state index is 0.162. The van der Waals surface area contributed by atoms with Gasteiger partial charge in [0, 0.05) is 43.7 Å². The average Bonchev–Trinajstić information content (AvgIpc) is 3.27. The van der Waals surface area contributed by atoms with Crippen LogP contribution < -0.4 is 15.2 Å². The van der Waals surface area contributed by atoms with Crippen LogP contribution in [0.15, 0.2) is 53.3 Å². The van der Waals surface area contributed by atoms with Crippen molar-refractivity contribution < 1.29 is 9.53 Å². The zero-order valence-corrected chi connectivity index (χ0v) is 20.0. The number of halogens is 1. The molecular formula is C24H22ClN5O3S. The third-order valence-corrected chi connectivity index (χ3v) is 7.03. The molecule has 1 aliphatic rings. The topological polar surface area (TPSA) is 91.4 Å². The number of methoxy groups -OCH3 is 1. The molecule has 0 radical (unpaired) electrons. The van der Waals surface area contributed by atoms with Gasteiger partial charge in [0.15, 0.2) is 5.13 Å². The molecule has 1 N–H and O–H groups in total. The predicted octanol–water partition coefficient (Wildman–Crippen LogP) is 3.59. The Labute approximate surface area is 204 Å². The predicted molar refractivity (Wildman–Crippen MR) is 133 cm³/mol. The van der Waals surface area contributed by atoms with Gasteiger partial charge in [0.1, 0.15) is 17.3 Å². The van der Waals surface area contributed by atoms with Gasteiger partial charge in [-0.05, 0) is 35.9 Å². The molecule has 2 aromatic carbocycles. The van der Waals surface area contributed by atoms with Crippen molar-refractivity contribution in [2.75, 3.05) is 38.2 Å². The summed E-state index contributed by atoms with van der Waals surface area (Å²) >= 11 is 7.68. The number of amides is 1. The maximum atomic E-state index is 13.1. The number of aromatic nitrogens is 3. The van der Waals surface area contributed by atoms with Crippen LogP contribution in [0.1, 0.15) is 21.9 Å². The summed E-state index contributed by atoms with van der Waals surface area (Å²) in [7, 11) is 1.61. The number of thiazole rings is 1. The van der Waals surface area contributed by atoms with Gasteiger partial charge < -0.3 is 19.5 Å². The van der Waals surface area contributed by atoms with Crippen LogP contribution in [-0.4, -0.2) is 59.0 Å². The Morgan fingerprint density at radius 1 is 1.09 bits per heavy atom. The van der Waals surface area contributed by atoms with Crippen LogP contribution in [0.25, 0.3) is 10.2 Å². The monoisotopic (exact) mass is 495 g/mol. The van der Waals surface area contributed by atoms with Crippen LogP contribution >= 0.6 is 22.9 Å². The number of rotatable bonds is 5. The summed E-state index contributed by atoms with van der Waals surface area (Å²) in [4.78, 5) is 41.1. The largest absolute Gasteiger partial charge is 0.497 e. The number of hydrogen-bond donors (Lipinski definition) is 1. The summed E-state index contributed by atoms with van der Waals surface area (Å²) in [6.07, 6.45) is 0.412. The van der Waals surface area contributed by atoms with Gasteiger partial charge in [-0.25, -0.2) is 9.97 Å². The zero-order chi connectivity index (χ0) is 23.7. The van der Waals surface area contributed by atoms with Gasteiger partial charge in [-0.1, -0.05) is 35.1 Å². The number of benzene rings is 2. The number of hydrogen-bond acceptors (Lipinski definition) is 7. The van der Waals surface area contributed by atoms with Gasteiger partial charge in [0.25, 0.3) is 11.5 Å². The number of carbonyl (C=O) groups is 1. The number of anilines is 1. The highest BCUT2D eigenvalue weighted by molar-refractivity contribution is 7.22. The van der Waals surface area contributed by atoms with Crippen molar-refractivity contribution in [1.82, 2.24) is 19.9 Å². The highest BCUT2D eigenvalue weighted by Crippen LogP contribution is 2.31. The standard InChI is InChI=1S/C24H22ClN5O3S/c1-33-17-5-2-15(3-6-17)12-21-26-19(14-22(31)28-21)23(32)29-8-10-30(11-9-29)24-27-18-7-4-16(25)13-20(18)34-24/h2-7,13-14H,8-12H2,1H3,(H,26,28,31). The fourth-order valence-corrected chi connectivity index (χ4v) is 5.22. The third-order valence-electron chi connectivity index (χ3n) is 5.72. The Bertz CT molecular complexity index is 1390. The lowest BCUT2D eigenvalue weighted by Crippen LogP contribution is -2.49. The van der Waals surface area contributed by atoms with Crippen molar-refractivity contribution in [3.05, 3.63) is 81.0 Å². The Hall–Kier alpha value is -3.43. The van der Waals surface area contributed by atoms with Crippen molar-refractivity contribution in [3.8, 4) is 5.75 Å². The fraction of sp³-hybridized carbons (Fsp3) is 0.250. The maximum Gasteiger partial charge on any atom is 0.272 e. The lowest BCUT2D eigenvalue weighted by Gasteiger charge is -2.34. The van der Waals surface area contributed by atoms with Crippen molar-refractivity contribution in [3.63, 3.8) is 0 Å². The molecule has 2 aromatic heterocycles. The van der Waals surface area contributed by atoms with Crippen LogP contribution in [0.2, 0.25) is 5.02 Å². The van der Waals surface area contributed by atoms with Crippen molar-refractivity contribution in [2.45, 2.75) is 6.42 Å². The average molecular weight is 496 g/mol. The van der Waals surface area contributed by atoms with E-state index in [4.69, 9.17) is 21.3 Å². The molecule has 5 rings (SSSR count). The zero-order valence-electron chi connectivity index (χ0n) is 18.5. The number of ether oxygens (including phenoxy) is 1. The van der Waals surface area contributed by atoms with Crippen LogP contribution in [0.3, 0.4) is 0 Å². The highest BCUT2D eigenvalue weighted by Gasteiger charge is 2.25. The number of nitrogens with zero attached hydrogens (tertiary/aromatic N) is 4. The highest BCUT2D eigenvalue weighted by atomic mass is 35.5. The fourth-order valence-electron chi connectivity index (χ4n) is 3.92. The lowest BCUT2D eigenvalue weighted by atomic mass is 10.1. The van der Waals surface area contributed by atoms with Gasteiger partial charge in [-0.2, -0.15) is 0 Å². The van der Waals surface area contributed by atoms with E-state index in [2.05, 4.69) is 14.9 Å². The van der Waals surface area contributed by atoms with E-state index < -0.39 is 0 Å². The molecule has 10 heteroatoms. The number of H-pyrrole nitrogens is 1. The molecule has 1 saturated heterocycles. The second-order valence-corrected chi connectivity index (χ2v) is 9.44. The molecule has 0 aliphatic carbocycles. The molecule has 1 fully saturated rings. The van der Waals surface area contributed by atoms with E-state index in [9.17, 15) is 9.59 Å². The van der Waals surface area contributed by atoms with Gasteiger partial charge in [0.2, 0.25) is 0 Å². The molecule has 0 spiro atoms. The second kappa shape index (κ2) is 9.44. The van der Waals surface area contributed by atoms with Crippen LogP contribution in [-0.2, 0) is 6.42 Å². The van der Waals surface area contributed by atoms with Gasteiger partial charge in [-0.3, -0.25) is 9.59 Å². The normalized spacial score (nSPS) is 13.9. The Balaban J connectivity index is 1.26. The molecule has 1 aliphatic heterocycles. The van der Waals surface area contributed by atoms with Crippen LogP contribution in [0, 0.1) is 0 Å². The summed E-state index contributed by atoms with van der Waals surface area (Å²) in [5.41, 5.74) is 1.70. The summed E-state index contributed by atoms with van der Waals surface area (Å²) in [5.74, 6) is 0.966. The number of aromatic amines is 1. The maximum absolute atomic E-state index is 13.1. The lowest BCUT2D eigenvalue weighted by molar-refractivity contribution is 0.0740. The smallest absolute Gasteiger partial charge is 0.272 e. The summed E-state index contributed by atoms with van der Waals surface area (Å²) < 4.78 is 6.22. The number of fused-ring (bicyclic) bond motifs is 1. The van der Waals surface area contributed by atoms with Gasteiger partial charge in [0.05, 0.1) is 17.3 Å². The first kappa shape index (κ1) is 22.4. The van der Waals surface area contributed by atoms with Crippen LogP contribution in [0.4, 0.5) is 5.13 Å². The first-order valence-electron chi connectivity index (χ1n) is 10.8. The number of piperazine rings is 1. The molecule has 0 unspecified atom stereocenters. The summed E-state index contributed by atoms with van der Waals surface area (Å²) in [6, 6.07) is 14.4. The van der Waals surface area contributed by atoms with Crippen molar-refractivity contribution in [1.29, 1.82) is 0 Å². The molecule has 0 atom stereocenters. The van der Waals surface area contributed by atoms with Gasteiger partial charge >= 0.3 is 0 Å². The molecule has 3 heterocycles. The third kappa shape index (κ3) is 4.76. The summed E-state index contributed by atoms with van der Waals surface area (Å²) in [6.45, 7) is 2.36. The molecule has 0 bridgehead atoms. The van der Waals surface area contributed by atoms with Crippen LogP contribution in [0.5, 0.6) is 5.75 Å². The molecule has 1 amide bonds. The molecule has 8 nitrogen and oxygen atoms in total. The number of carbonyl (C=O) groups excluding carboxylic acids is 1. The molecule has 0 saturated carbocycles. The van der Waals surface area contributed by atoms with E-state index in [1.165, 1.54) is 6.07 Å². The van der Waals surface area contributed by atoms with E-state index in [-0.39, 0.29) is 17.2 Å². The quantitative estimate of drug-likeness (QED) is 0.455. The SMILES string of the molecule is COc1ccc(Cc2nc(C(=O)N3CCN(c4nc5ccc(Cl)cc5s4)CC3)cc(=O)[nH]2)cc1. The Morgan fingerprint density at radius 2 is 1.85 bits per heavy atom. The summed E-state index contributed by atoms with van der Waals surface area (Å²) in [5, 5.41) is 1.61. The Morgan fingerprint density at radius 3 is 2.59 bits per heavy atom. The van der Waals surface area contributed by atoms with Crippen molar-refractivity contribution in [2.24, 2.45) is 0 Å². The number of nitrogens with one attached hydrogen (secondary N) is 1. The second-order valence-electron chi connectivity index (χ2n) is 7.99. The Kier molecular flexibility index (Phi) is 6.21. The minimum Gasteiger partial charge on any atom is -0.497 e. The van der Waals surface area contributed by atoms with Crippen molar-refractivity contribution >= 4 is 44.2 Å². The van der Waals surface area contributed by atoms with E-state index in [1.807, 2.05) is 42.5 Å². The molecule has 174 valence electrons. The minimum atomic E-state index is -0.339. The van der Waals surface area contributed by atoms with E-state index in [1.54, 1.807) is 23.3 Å². The van der Waals surface area contributed by atoms with E-state index in [0.29, 0.717) is 43.4 Å². The van der Waals surface area contributed by atoms with Gasteiger partial charge in [-0.15, -0.1) is 0 Å². The van der Waals surface area contributed by atoms with E-state index >= 15 is 0 Å². The molecular weight excluding hydrogens is 474 g/mol. The van der Waals surface area contributed by atoms with E-state index in [0.717, 1.165) is 26.7 Å². The first-order chi connectivity index (χ1) is 16.5. The molecule has 34 heavy (non-hydrogen) atoms. The first-order valence-corrected chi connectivity index (χ1v) is 12.0. The molecule has 4 aromatic rings.